The first-order valence-corrected chi connectivity index (χ1v) is 24.9. The van der Waals surface area contributed by atoms with Crippen molar-refractivity contribution >= 4 is 29.5 Å². The van der Waals surface area contributed by atoms with Gasteiger partial charge < -0.3 is 30.5 Å². The Balaban J connectivity index is 0.730. The quantitative estimate of drug-likeness (QED) is 0.0642. The van der Waals surface area contributed by atoms with Crippen LogP contribution in [0.3, 0.4) is 0 Å². The van der Waals surface area contributed by atoms with E-state index in [0.29, 0.717) is 43.0 Å². The van der Waals surface area contributed by atoms with Crippen molar-refractivity contribution in [2.24, 2.45) is 23.7 Å². The average molecular weight is 925 g/mol. The molecule has 12 atom stereocenters. The first kappa shape index (κ1) is 44.9. The van der Waals surface area contributed by atoms with Crippen molar-refractivity contribution in [2.45, 2.75) is 73.5 Å². The highest BCUT2D eigenvalue weighted by Gasteiger charge is 2.50. The number of nitrogens with one attached hydrogen (secondary N) is 4. The largest absolute Gasteiger partial charge is 0.366 e. The molecule has 354 valence electrons. The van der Waals surface area contributed by atoms with E-state index in [2.05, 4.69) is 81.9 Å². The van der Waals surface area contributed by atoms with Crippen LogP contribution in [0, 0.1) is 23.7 Å². The molecule has 2 aliphatic heterocycles. The lowest BCUT2D eigenvalue weighted by Crippen LogP contribution is -2.43. The molecule has 0 spiro atoms. The summed E-state index contributed by atoms with van der Waals surface area (Å²) in [7, 11) is 0. The number of likely N-dealkylation sites (tertiary alicyclic amines) is 2. The summed E-state index contributed by atoms with van der Waals surface area (Å²) < 4.78 is 6.18. The fraction of sp³-hybridized carbons (Fsp3) is 0.386. The van der Waals surface area contributed by atoms with Gasteiger partial charge in [0.15, 0.2) is 0 Å². The maximum absolute atomic E-state index is 14.2. The van der Waals surface area contributed by atoms with Gasteiger partial charge in [-0.1, -0.05) is 121 Å². The van der Waals surface area contributed by atoms with Crippen LogP contribution in [0.4, 0.5) is 0 Å². The minimum Gasteiger partial charge on any atom is -0.366 e. The van der Waals surface area contributed by atoms with Crippen LogP contribution in [0.5, 0.6) is 0 Å². The molecule has 4 N–H and O–H groups in total. The van der Waals surface area contributed by atoms with Crippen LogP contribution in [0.1, 0.15) is 92.3 Å². The highest BCUT2D eigenvalue weighted by molar-refractivity contribution is 5.99. The minimum absolute atomic E-state index is 0.0183. The second-order valence-corrected chi connectivity index (χ2v) is 20.3. The number of nitrogens with zero attached hydrogens (tertiary/aromatic N) is 2. The molecule has 0 unspecified atom stereocenters. The van der Waals surface area contributed by atoms with E-state index in [9.17, 15) is 24.0 Å². The average Bonchev–Trinajstić information content (AvgIpc) is 4.31. The van der Waals surface area contributed by atoms with Crippen molar-refractivity contribution in [1.29, 1.82) is 0 Å². The Bertz CT molecular complexity index is 2580. The molecule has 5 aromatic rings. The standard InChI is InChI=1S/C57H60N6O6/c64-53(59-50-26-43(50)36-15-7-2-8-16-36)46-30-62(29-41(46)33-69-34-58-49-25-42(49)35-13-5-1-6-14-35)56(67)39-21-23-40(24-22-39)57(68)63-31-47(54(65)60-51-27-44(51)37-17-9-3-10-18-37)48(32-63)55(66)61-52-28-45(52)38-19-11-4-12-20-38/h1-24,41-52,58H,25-34H2,(H,59,64)(H,60,65)(H,61,66)/t41-,42+,43+,44+,45+,46+,47+,48+,49-,50-,51-,52-/m0/s1. The Morgan fingerprint density at radius 3 is 1.16 bits per heavy atom. The third-order valence-corrected chi connectivity index (χ3v) is 15.6. The first-order chi connectivity index (χ1) is 33.8. The fourth-order valence-corrected chi connectivity index (χ4v) is 11.1. The summed E-state index contributed by atoms with van der Waals surface area (Å²) in [6, 6.07) is 47.9. The molecule has 2 heterocycles. The topological polar surface area (TPSA) is 149 Å². The summed E-state index contributed by atoms with van der Waals surface area (Å²) in [6.45, 7) is 1.52. The lowest BCUT2D eigenvalue weighted by atomic mass is 9.94. The molecule has 0 aromatic heterocycles. The molecule has 5 amide bonds. The van der Waals surface area contributed by atoms with E-state index >= 15 is 0 Å². The molecule has 6 fully saturated rings. The van der Waals surface area contributed by atoms with Crippen LogP contribution in [0.15, 0.2) is 146 Å². The fourth-order valence-electron chi connectivity index (χ4n) is 11.1. The molecule has 4 saturated carbocycles. The van der Waals surface area contributed by atoms with E-state index in [1.807, 2.05) is 60.7 Å². The molecule has 12 heteroatoms. The second kappa shape index (κ2) is 19.4. The molecule has 12 nitrogen and oxygen atoms in total. The summed E-state index contributed by atoms with van der Waals surface area (Å²) >= 11 is 0. The van der Waals surface area contributed by atoms with Crippen molar-refractivity contribution in [3.05, 3.63) is 179 Å². The van der Waals surface area contributed by atoms with Gasteiger partial charge in [-0.15, -0.1) is 0 Å². The molecule has 4 aliphatic carbocycles. The molecule has 2 saturated heterocycles. The molecular weight excluding hydrogens is 865 g/mol. The van der Waals surface area contributed by atoms with E-state index in [4.69, 9.17) is 4.74 Å². The zero-order valence-electron chi connectivity index (χ0n) is 38.7. The maximum Gasteiger partial charge on any atom is 0.253 e. The predicted molar refractivity (Wildman–Crippen MR) is 261 cm³/mol. The van der Waals surface area contributed by atoms with Crippen LogP contribution < -0.4 is 21.3 Å². The van der Waals surface area contributed by atoms with Crippen LogP contribution in [0.2, 0.25) is 0 Å². The van der Waals surface area contributed by atoms with Crippen LogP contribution in [0.25, 0.3) is 0 Å². The summed E-state index contributed by atoms with van der Waals surface area (Å²) in [5.74, 6) is -1.88. The molecule has 6 aliphatic rings. The number of amides is 5. The Hall–Kier alpha value is -6.63. The Morgan fingerprint density at radius 2 is 0.754 bits per heavy atom. The van der Waals surface area contributed by atoms with Gasteiger partial charge in [-0.3, -0.25) is 29.3 Å². The lowest BCUT2D eigenvalue weighted by Gasteiger charge is -2.18. The van der Waals surface area contributed by atoms with Gasteiger partial charge in [0.05, 0.1) is 31.1 Å². The number of hydrogen-bond donors (Lipinski definition) is 4. The molecule has 5 aromatic carbocycles. The highest BCUT2D eigenvalue weighted by Crippen LogP contribution is 2.44. The molecule has 0 radical (unpaired) electrons. The van der Waals surface area contributed by atoms with Crippen molar-refractivity contribution in [2.75, 3.05) is 39.5 Å². The number of carbonyl (C=O) groups excluding carboxylic acids is 5. The van der Waals surface area contributed by atoms with Gasteiger partial charge in [0.25, 0.3) is 11.8 Å². The van der Waals surface area contributed by atoms with Crippen LogP contribution in [-0.2, 0) is 19.1 Å². The SMILES string of the molecule is O=C(N[C@H]1C[C@@H]1c1ccccc1)[C@@H]1CN(C(=O)c2ccc(C(=O)N3C[C@@H](C(=O)N[C@H]4C[C@@H]4c4ccccc4)[C@H](C(=O)N[C@H]4C[C@@H]4c4ccccc4)C3)cc2)C[C@H]1COCN[C@H]1C[C@@H]1c1ccccc1. The highest BCUT2D eigenvalue weighted by atomic mass is 16.5. The van der Waals surface area contributed by atoms with Gasteiger partial charge in [0.2, 0.25) is 17.7 Å². The monoisotopic (exact) mass is 924 g/mol. The van der Waals surface area contributed by atoms with Crippen molar-refractivity contribution in [3.63, 3.8) is 0 Å². The van der Waals surface area contributed by atoms with Crippen molar-refractivity contribution < 1.29 is 28.7 Å². The Labute approximate surface area is 403 Å². The lowest BCUT2D eigenvalue weighted by molar-refractivity contribution is -0.133. The zero-order chi connectivity index (χ0) is 47.0. The molecule has 0 bridgehead atoms. The molecule has 11 rings (SSSR count). The van der Waals surface area contributed by atoms with Crippen LogP contribution in [-0.4, -0.2) is 103 Å². The van der Waals surface area contributed by atoms with E-state index in [-0.39, 0.29) is 91.0 Å². The van der Waals surface area contributed by atoms with E-state index in [0.717, 1.165) is 25.7 Å². The third kappa shape index (κ3) is 10.1. The Kier molecular flexibility index (Phi) is 12.6. The molecular formula is C57H60N6O6. The summed E-state index contributed by atoms with van der Waals surface area (Å²) in [4.78, 5) is 73.7. The number of carbonyl (C=O) groups is 5. The van der Waals surface area contributed by atoms with E-state index < -0.39 is 17.8 Å². The first-order valence-electron chi connectivity index (χ1n) is 24.9. The smallest absolute Gasteiger partial charge is 0.253 e. The van der Waals surface area contributed by atoms with Gasteiger partial charge in [-0.2, -0.15) is 0 Å². The molecule has 69 heavy (non-hydrogen) atoms. The van der Waals surface area contributed by atoms with Gasteiger partial charge in [0.1, 0.15) is 0 Å². The van der Waals surface area contributed by atoms with Crippen molar-refractivity contribution in [1.82, 2.24) is 31.1 Å². The number of ether oxygens (including phenoxy) is 1. The van der Waals surface area contributed by atoms with Crippen LogP contribution >= 0.6 is 0 Å². The summed E-state index contributed by atoms with van der Waals surface area (Å²) in [5.41, 5.74) is 5.65. The predicted octanol–water partition coefficient (Wildman–Crippen LogP) is 6.20. The Morgan fingerprint density at radius 1 is 0.420 bits per heavy atom. The maximum atomic E-state index is 14.2. The number of rotatable bonds is 17. The van der Waals surface area contributed by atoms with Crippen molar-refractivity contribution in [3.8, 4) is 0 Å². The second-order valence-electron chi connectivity index (χ2n) is 20.3. The van der Waals surface area contributed by atoms with E-state index in [1.54, 1.807) is 34.1 Å². The number of hydrogen-bond acceptors (Lipinski definition) is 7. The van der Waals surface area contributed by atoms with Gasteiger partial charge in [-0.05, 0) is 72.2 Å². The summed E-state index contributed by atoms with van der Waals surface area (Å²) in [5, 5.41) is 13.2. The minimum atomic E-state index is -0.710. The van der Waals surface area contributed by atoms with Gasteiger partial charge in [-0.25, -0.2) is 0 Å². The normalized spacial score (nSPS) is 29.4. The number of benzene rings is 5. The third-order valence-electron chi connectivity index (χ3n) is 15.6. The zero-order valence-corrected chi connectivity index (χ0v) is 38.7. The van der Waals surface area contributed by atoms with E-state index in [1.165, 1.54) is 22.3 Å². The summed E-state index contributed by atoms with van der Waals surface area (Å²) in [6.07, 6.45) is 3.60. The van der Waals surface area contributed by atoms with Gasteiger partial charge in [0, 0.05) is 91.1 Å². The van der Waals surface area contributed by atoms with Gasteiger partial charge >= 0.3 is 0 Å².